The topological polar surface area (TPSA) is 122 Å². The van der Waals surface area contributed by atoms with Crippen LogP contribution in [0.4, 0.5) is 17.5 Å². The summed E-state index contributed by atoms with van der Waals surface area (Å²) in [5, 5.41) is 12.8. The molecule has 0 saturated carbocycles. The van der Waals surface area contributed by atoms with Crippen LogP contribution in [0.15, 0.2) is 6.20 Å². The second kappa shape index (κ2) is 5.56. The first-order valence-corrected chi connectivity index (χ1v) is 5.70. The van der Waals surface area contributed by atoms with E-state index in [1.165, 1.54) is 6.42 Å². The summed E-state index contributed by atoms with van der Waals surface area (Å²) in [5.74, 6) is 5.49. The third-order valence-corrected chi connectivity index (χ3v) is 2.72. The first-order chi connectivity index (χ1) is 8.70. The zero-order valence-corrected chi connectivity index (χ0v) is 9.80. The van der Waals surface area contributed by atoms with E-state index in [9.17, 15) is 10.1 Å². The highest BCUT2D eigenvalue weighted by atomic mass is 16.6. The van der Waals surface area contributed by atoms with Crippen LogP contribution in [0.3, 0.4) is 0 Å². The maximum Gasteiger partial charge on any atom is 0.330 e. The van der Waals surface area contributed by atoms with Gasteiger partial charge in [0, 0.05) is 13.1 Å². The molecule has 1 fully saturated rings. The fraction of sp³-hybridized carbons (Fsp3) is 0.556. The minimum atomic E-state index is -0.521. The van der Waals surface area contributed by atoms with Gasteiger partial charge >= 0.3 is 5.69 Å². The van der Waals surface area contributed by atoms with Gasteiger partial charge in [0.15, 0.2) is 0 Å². The number of hydrazine groups is 2. The van der Waals surface area contributed by atoms with Crippen molar-refractivity contribution in [1.29, 1.82) is 0 Å². The summed E-state index contributed by atoms with van der Waals surface area (Å²) in [4.78, 5) is 18.0. The van der Waals surface area contributed by atoms with E-state index < -0.39 is 4.92 Å². The van der Waals surface area contributed by atoms with Gasteiger partial charge in [-0.2, -0.15) is 4.98 Å². The Morgan fingerprint density at radius 2 is 2.11 bits per heavy atom. The largest absolute Gasteiger partial charge is 0.330 e. The predicted molar refractivity (Wildman–Crippen MR) is 65.5 cm³/mol. The van der Waals surface area contributed by atoms with Gasteiger partial charge in [-0.1, -0.05) is 6.42 Å². The van der Waals surface area contributed by atoms with E-state index in [0.29, 0.717) is 0 Å². The second-order valence-electron chi connectivity index (χ2n) is 3.99. The molecule has 0 atom stereocenters. The van der Waals surface area contributed by atoms with Crippen LogP contribution in [0, 0.1) is 10.1 Å². The first kappa shape index (κ1) is 12.5. The van der Waals surface area contributed by atoms with Crippen LogP contribution >= 0.6 is 0 Å². The summed E-state index contributed by atoms with van der Waals surface area (Å²) in [5.41, 5.74) is 5.05. The molecule has 2 heterocycles. The minimum Gasteiger partial charge on any atom is -0.297 e. The van der Waals surface area contributed by atoms with E-state index in [1.807, 2.05) is 5.01 Å². The number of nitrogen functional groups attached to an aromatic ring is 1. The highest BCUT2D eigenvalue weighted by Crippen LogP contribution is 2.23. The first-order valence-electron chi connectivity index (χ1n) is 5.70. The number of nitrogens with two attached hydrogens (primary N) is 1. The van der Waals surface area contributed by atoms with Gasteiger partial charge in [0.05, 0.1) is 4.92 Å². The van der Waals surface area contributed by atoms with E-state index >= 15 is 0 Å². The number of nitro groups is 1. The van der Waals surface area contributed by atoms with Crippen molar-refractivity contribution in [1.82, 2.24) is 15.0 Å². The third-order valence-electron chi connectivity index (χ3n) is 2.72. The number of aromatic nitrogens is 2. The molecule has 1 aromatic rings. The van der Waals surface area contributed by atoms with E-state index in [-0.39, 0.29) is 17.5 Å². The lowest BCUT2D eigenvalue weighted by Crippen LogP contribution is -2.35. The van der Waals surface area contributed by atoms with Crippen molar-refractivity contribution in [2.24, 2.45) is 5.84 Å². The van der Waals surface area contributed by atoms with Gasteiger partial charge in [0.2, 0.25) is 11.8 Å². The molecule has 0 spiro atoms. The smallest absolute Gasteiger partial charge is 0.297 e. The van der Waals surface area contributed by atoms with Crippen molar-refractivity contribution >= 4 is 17.5 Å². The highest BCUT2D eigenvalue weighted by Gasteiger charge is 2.20. The molecule has 4 N–H and O–H groups in total. The summed E-state index contributed by atoms with van der Waals surface area (Å²) in [7, 11) is 0. The molecule has 9 heteroatoms. The van der Waals surface area contributed by atoms with Crippen LogP contribution < -0.4 is 16.7 Å². The van der Waals surface area contributed by atoms with E-state index in [4.69, 9.17) is 5.84 Å². The molecule has 1 aliphatic rings. The lowest BCUT2D eigenvalue weighted by atomic mass is 10.2. The van der Waals surface area contributed by atoms with Gasteiger partial charge < -0.3 is 0 Å². The summed E-state index contributed by atoms with van der Waals surface area (Å²) in [6, 6.07) is 0. The molecular formula is C9H15N7O2. The summed E-state index contributed by atoms with van der Waals surface area (Å²) < 4.78 is 0. The lowest BCUT2D eigenvalue weighted by molar-refractivity contribution is -0.384. The Bertz CT molecular complexity index is 433. The monoisotopic (exact) mass is 253 g/mol. The number of nitrogens with zero attached hydrogens (tertiary/aromatic N) is 4. The Balaban J connectivity index is 2.19. The summed E-state index contributed by atoms with van der Waals surface area (Å²) >= 11 is 0. The number of rotatable bonds is 4. The van der Waals surface area contributed by atoms with E-state index in [1.54, 1.807) is 0 Å². The standard InChI is InChI=1S/C9H15N7O2/c10-13-9-11-6-7(16(17)18)8(12-9)14-15-4-2-1-3-5-15/h6H,1-5,10H2,(H2,11,12,13,14). The third kappa shape index (κ3) is 2.81. The molecule has 18 heavy (non-hydrogen) atoms. The number of nitrogens with one attached hydrogen (secondary N) is 2. The molecule has 0 aliphatic carbocycles. The number of anilines is 2. The summed E-state index contributed by atoms with van der Waals surface area (Å²) in [6.07, 6.45) is 4.44. The van der Waals surface area contributed by atoms with Crippen LogP contribution in [0.25, 0.3) is 0 Å². The highest BCUT2D eigenvalue weighted by molar-refractivity contribution is 5.56. The van der Waals surface area contributed by atoms with Gasteiger partial charge in [-0.15, -0.1) is 0 Å². The number of hydrogen-bond donors (Lipinski definition) is 3. The van der Waals surface area contributed by atoms with Crippen LogP contribution in [0.1, 0.15) is 19.3 Å². The maximum absolute atomic E-state index is 10.9. The Morgan fingerprint density at radius 3 is 2.72 bits per heavy atom. The SMILES string of the molecule is NNc1ncc([N+](=O)[O-])c(NN2CCCCC2)n1. The van der Waals surface area contributed by atoms with Gasteiger partial charge in [-0.05, 0) is 12.8 Å². The van der Waals surface area contributed by atoms with Crippen LogP contribution in [-0.2, 0) is 0 Å². The van der Waals surface area contributed by atoms with Gasteiger partial charge in [0.25, 0.3) is 0 Å². The minimum absolute atomic E-state index is 0.139. The fourth-order valence-electron chi connectivity index (χ4n) is 1.82. The van der Waals surface area contributed by atoms with Crippen LogP contribution in [-0.4, -0.2) is 33.0 Å². The van der Waals surface area contributed by atoms with E-state index in [0.717, 1.165) is 32.1 Å². The molecule has 0 amide bonds. The Hall–Kier alpha value is -2.00. The lowest BCUT2D eigenvalue weighted by Gasteiger charge is -2.27. The van der Waals surface area contributed by atoms with Crippen molar-refractivity contribution < 1.29 is 4.92 Å². The molecule has 1 saturated heterocycles. The second-order valence-corrected chi connectivity index (χ2v) is 3.99. The molecule has 0 bridgehead atoms. The molecule has 9 nitrogen and oxygen atoms in total. The van der Waals surface area contributed by atoms with Crippen molar-refractivity contribution in [3.05, 3.63) is 16.3 Å². The number of hydrogen-bond acceptors (Lipinski definition) is 8. The molecule has 0 radical (unpaired) electrons. The van der Waals surface area contributed by atoms with Gasteiger partial charge in [-0.25, -0.2) is 15.8 Å². The molecule has 1 aromatic heterocycles. The zero-order chi connectivity index (χ0) is 13.0. The molecule has 2 rings (SSSR count). The Labute approximate surface area is 103 Å². The Morgan fingerprint density at radius 1 is 1.39 bits per heavy atom. The Kier molecular flexibility index (Phi) is 3.85. The molecule has 1 aliphatic heterocycles. The quantitative estimate of drug-likeness (QED) is 0.402. The van der Waals surface area contributed by atoms with E-state index in [2.05, 4.69) is 20.8 Å². The van der Waals surface area contributed by atoms with Crippen molar-refractivity contribution in [3.8, 4) is 0 Å². The average molecular weight is 253 g/mol. The van der Waals surface area contributed by atoms with Crippen LogP contribution in [0.2, 0.25) is 0 Å². The van der Waals surface area contributed by atoms with Crippen molar-refractivity contribution in [2.45, 2.75) is 19.3 Å². The normalized spacial score (nSPS) is 16.3. The maximum atomic E-state index is 10.9. The fourth-order valence-corrected chi connectivity index (χ4v) is 1.82. The molecule has 98 valence electrons. The van der Waals surface area contributed by atoms with Gasteiger partial charge in [0.1, 0.15) is 6.20 Å². The average Bonchev–Trinajstić information content (AvgIpc) is 2.39. The van der Waals surface area contributed by atoms with Crippen molar-refractivity contribution in [3.63, 3.8) is 0 Å². The zero-order valence-electron chi connectivity index (χ0n) is 9.80. The van der Waals surface area contributed by atoms with Crippen molar-refractivity contribution in [2.75, 3.05) is 23.9 Å². The molecule has 0 aromatic carbocycles. The molecule has 0 unspecified atom stereocenters. The van der Waals surface area contributed by atoms with Gasteiger partial charge in [-0.3, -0.25) is 21.0 Å². The van der Waals surface area contributed by atoms with Crippen LogP contribution in [0.5, 0.6) is 0 Å². The molecular weight excluding hydrogens is 238 g/mol. The number of piperidine rings is 1. The predicted octanol–water partition coefficient (Wildman–Crippen LogP) is 0.483. The summed E-state index contributed by atoms with van der Waals surface area (Å²) in [6.45, 7) is 1.68.